The van der Waals surface area contributed by atoms with Crippen molar-refractivity contribution in [3.63, 3.8) is 0 Å². The summed E-state index contributed by atoms with van der Waals surface area (Å²) in [6.45, 7) is 1.15. The van der Waals surface area contributed by atoms with Gasteiger partial charge in [-0.3, -0.25) is 0 Å². The van der Waals surface area contributed by atoms with Crippen molar-refractivity contribution in [3.05, 3.63) is 28.2 Å². The molecular formula is C13H16BrN. The van der Waals surface area contributed by atoms with Gasteiger partial charge in [-0.1, -0.05) is 28.8 Å². The zero-order valence-corrected chi connectivity index (χ0v) is 10.4. The first-order valence-electron chi connectivity index (χ1n) is 5.88. The lowest BCUT2D eigenvalue weighted by molar-refractivity contribution is 0.460. The minimum atomic E-state index is 0.764. The Morgan fingerprint density at radius 3 is 2.80 bits per heavy atom. The lowest BCUT2D eigenvalue weighted by Crippen LogP contribution is -2.11. The predicted octanol–water partition coefficient (Wildman–Crippen LogP) is 4.15. The number of halogens is 1. The summed E-state index contributed by atoms with van der Waals surface area (Å²) >= 11 is 3.57. The number of benzene rings is 1. The molecule has 1 aliphatic carbocycles. The molecule has 2 heteroatoms. The van der Waals surface area contributed by atoms with E-state index >= 15 is 0 Å². The highest BCUT2D eigenvalue weighted by Crippen LogP contribution is 2.43. The van der Waals surface area contributed by atoms with Crippen molar-refractivity contribution in [1.29, 1.82) is 0 Å². The molecule has 0 spiro atoms. The van der Waals surface area contributed by atoms with Crippen LogP contribution >= 0.6 is 15.9 Å². The van der Waals surface area contributed by atoms with E-state index in [1.807, 2.05) is 0 Å². The van der Waals surface area contributed by atoms with Crippen LogP contribution in [0.25, 0.3) is 0 Å². The predicted molar refractivity (Wildman–Crippen MR) is 67.3 cm³/mol. The van der Waals surface area contributed by atoms with Crippen LogP contribution in [-0.4, -0.2) is 6.54 Å². The molecule has 15 heavy (non-hydrogen) atoms. The van der Waals surface area contributed by atoms with Crippen molar-refractivity contribution in [2.45, 2.75) is 31.6 Å². The summed E-state index contributed by atoms with van der Waals surface area (Å²) in [5, 5.41) is 3.53. The average Bonchev–Trinajstić information content (AvgIpc) is 2.83. The number of hydrogen-bond donors (Lipinski definition) is 1. The average molecular weight is 266 g/mol. The van der Waals surface area contributed by atoms with Crippen molar-refractivity contribution >= 4 is 21.6 Å². The van der Waals surface area contributed by atoms with Gasteiger partial charge in [0.05, 0.1) is 0 Å². The van der Waals surface area contributed by atoms with E-state index in [-0.39, 0.29) is 0 Å². The smallest absolute Gasteiger partial charge is 0.0377 e. The summed E-state index contributed by atoms with van der Waals surface area (Å²) < 4.78 is 1.22. The summed E-state index contributed by atoms with van der Waals surface area (Å²) in [6.07, 6.45) is 5.73. The molecule has 1 unspecified atom stereocenters. The SMILES string of the molecule is Brc1ccc2c(c1)C(C1CCCC1)CN2. The molecule has 1 aromatic rings. The summed E-state index contributed by atoms with van der Waals surface area (Å²) in [6, 6.07) is 6.63. The van der Waals surface area contributed by atoms with Gasteiger partial charge in [-0.05, 0) is 42.5 Å². The Bertz CT molecular complexity index is 369. The number of anilines is 1. The lowest BCUT2D eigenvalue weighted by atomic mass is 9.86. The van der Waals surface area contributed by atoms with Crippen LogP contribution < -0.4 is 5.32 Å². The zero-order chi connectivity index (χ0) is 10.3. The molecule has 80 valence electrons. The normalized spacial score (nSPS) is 25.3. The summed E-state index contributed by atoms with van der Waals surface area (Å²) in [7, 11) is 0. The van der Waals surface area contributed by atoms with E-state index in [9.17, 15) is 0 Å². The van der Waals surface area contributed by atoms with Crippen molar-refractivity contribution < 1.29 is 0 Å². The van der Waals surface area contributed by atoms with Crippen LogP contribution in [0.2, 0.25) is 0 Å². The molecule has 1 aromatic carbocycles. The molecule has 1 N–H and O–H groups in total. The molecule has 1 heterocycles. The van der Waals surface area contributed by atoms with Gasteiger partial charge in [0.1, 0.15) is 0 Å². The Labute approximate surface area is 99.4 Å². The van der Waals surface area contributed by atoms with Gasteiger partial charge in [0.15, 0.2) is 0 Å². The minimum absolute atomic E-state index is 0.764. The standard InChI is InChI=1S/C13H16BrN/c14-10-5-6-13-11(7-10)12(8-15-13)9-3-1-2-4-9/h5-7,9,12,15H,1-4,8H2. The topological polar surface area (TPSA) is 12.0 Å². The highest BCUT2D eigenvalue weighted by atomic mass is 79.9. The third-order valence-corrected chi connectivity index (χ3v) is 4.39. The zero-order valence-electron chi connectivity index (χ0n) is 8.80. The molecule has 0 saturated heterocycles. The van der Waals surface area contributed by atoms with E-state index in [1.165, 1.54) is 41.4 Å². The molecular weight excluding hydrogens is 250 g/mol. The van der Waals surface area contributed by atoms with Gasteiger partial charge < -0.3 is 5.32 Å². The largest absolute Gasteiger partial charge is 0.384 e. The van der Waals surface area contributed by atoms with Gasteiger partial charge in [-0.2, -0.15) is 0 Å². The molecule has 1 fully saturated rings. The van der Waals surface area contributed by atoms with Crippen LogP contribution in [0.5, 0.6) is 0 Å². The fraction of sp³-hybridized carbons (Fsp3) is 0.538. The number of fused-ring (bicyclic) bond motifs is 1. The lowest BCUT2D eigenvalue weighted by Gasteiger charge is -2.17. The molecule has 1 saturated carbocycles. The highest BCUT2D eigenvalue weighted by Gasteiger charge is 2.31. The maximum atomic E-state index is 3.57. The van der Waals surface area contributed by atoms with E-state index in [4.69, 9.17) is 0 Å². The minimum Gasteiger partial charge on any atom is -0.384 e. The first-order chi connectivity index (χ1) is 7.34. The molecule has 3 rings (SSSR count). The number of rotatable bonds is 1. The van der Waals surface area contributed by atoms with Crippen LogP contribution in [0.4, 0.5) is 5.69 Å². The summed E-state index contributed by atoms with van der Waals surface area (Å²) in [5.41, 5.74) is 2.89. The van der Waals surface area contributed by atoms with Gasteiger partial charge in [0, 0.05) is 22.6 Å². The maximum absolute atomic E-state index is 3.57. The number of hydrogen-bond acceptors (Lipinski definition) is 1. The summed E-state index contributed by atoms with van der Waals surface area (Å²) in [5.74, 6) is 1.69. The second-order valence-corrected chi connectivity index (χ2v) is 5.68. The Balaban J connectivity index is 1.92. The van der Waals surface area contributed by atoms with E-state index in [0.717, 1.165) is 18.4 Å². The second-order valence-electron chi connectivity index (χ2n) is 4.76. The van der Waals surface area contributed by atoms with E-state index < -0.39 is 0 Å². The Kier molecular flexibility index (Phi) is 2.47. The molecule has 1 nitrogen and oxygen atoms in total. The molecule has 1 aliphatic heterocycles. The van der Waals surface area contributed by atoms with Crippen molar-refractivity contribution in [2.75, 3.05) is 11.9 Å². The van der Waals surface area contributed by atoms with Crippen LogP contribution in [0.3, 0.4) is 0 Å². The molecule has 0 radical (unpaired) electrons. The Hall–Kier alpha value is -0.500. The second kappa shape index (κ2) is 3.82. The molecule has 0 aromatic heterocycles. The molecule has 0 bridgehead atoms. The third-order valence-electron chi connectivity index (χ3n) is 3.89. The van der Waals surface area contributed by atoms with Crippen molar-refractivity contribution in [3.8, 4) is 0 Å². The van der Waals surface area contributed by atoms with Gasteiger partial charge in [-0.25, -0.2) is 0 Å². The van der Waals surface area contributed by atoms with E-state index in [0.29, 0.717) is 0 Å². The highest BCUT2D eigenvalue weighted by molar-refractivity contribution is 9.10. The molecule has 2 aliphatic rings. The Morgan fingerprint density at radius 2 is 2.00 bits per heavy atom. The van der Waals surface area contributed by atoms with Crippen LogP contribution in [-0.2, 0) is 0 Å². The quantitative estimate of drug-likeness (QED) is 0.805. The number of nitrogens with one attached hydrogen (secondary N) is 1. The van der Waals surface area contributed by atoms with Crippen molar-refractivity contribution in [2.24, 2.45) is 5.92 Å². The van der Waals surface area contributed by atoms with E-state index in [1.54, 1.807) is 0 Å². The van der Waals surface area contributed by atoms with Crippen LogP contribution in [0.15, 0.2) is 22.7 Å². The molecule has 0 amide bonds. The van der Waals surface area contributed by atoms with Crippen LogP contribution in [0, 0.1) is 5.92 Å². The van der Waals surface area contributed by atoms with Crippen LogP contribution in [0.1, 0.15) is 37.2 Å². The summed E-state index contributed by atoms with van der Waals surface area (Å²) in [4.78, 5) is 0. The van der Waals surface area contributed by atoms with Gasteiger partial charge in [0.25, 0.3) is 0 Å². The van der Waals surface area contributed by atoms with E-state index in [2.05, 4.69) is 39.4 Å². The van der Waals surface area contributed by atoms with Gasteiger partial charge >= 0.3 is 0 Å². The molecule has 1 atom stereocenters. The van der Waals surface area contributed by atoms with Gasteiger partial charge in [0.2, 0.25) is 0 Å². The van der Waals surface area contributed by atoms with Crippen molar-refractivity contribution in [1.82, 2.24) is 0 Å². The first kappa shape index (κ1) is 9.71. The third kappa shape index (κ3) is 1.69. The maximum Gasteiger partial charge on any atom is 0.0377 e. The monoisotopic (exact) mass is 265 g/mol. The fourth-order valence-corrected chi connectivity index (χ4v) is 3.49. The van der Waals surface area contributed by atoms with Gasteiger partial charge in [-0.15, -0.1) is 0 Å². The first-order valence-corrected chi connectivity index (χ1v) is 6.67. The Morgan fingerprint density at radius 1 is 1.20 bits per heavy atom. The fourth-order valence-electron chi connectivity index (χ4n) is 3.11.